The molecule has 0 saturated heterocycles. The fourth-order valence-corrected chi connectivity index (χ4v) is 1.17. The van der Waals surface area contributed by atoms with Crippen LogP contribution in [-0.2, 0) is 9.53 Å². The molecule has 0 aromatic heterocycles. The summed E-state index contributed by atoms with van der Waals surface area (Å²) in [7, 11) is 0. The van der Waals surface area contributed by atoms with Gasteiger partial charge < -0.3 is 4.74 Å². The standard InChI is InChI=1S/C10H22N2O2/c1-2-3-4-5-6-7-10(13)14-9-8-12-11/h12H,2-9,11H2,1H3. The van der Waals surface area contributed by atoms with Crippen LogP contribution in [0.25, 0.3) is 0 Å². The van der Waals surface area contributed by atoms with E-state index in [1.165, 1.54) is 19.3 Å². The molecule has 0 aromatic carbocycles. The summed E-state index contributed by atoms with van der Waals surface area (Å²) in [5.74, 6) is 4.91. The summed E-state index contributed by atoms with van der Waals surface area (Å²) in [5.41, 5.74) is 2.43. The minimum Gasteiger partial charge on any atom is -0.464 e. The van der Waals surface area contributed by atoms with E-state index in [1.807, 2.05) is 0 Å². The van der Waals surface area contributed by atoms with Crippen molar-refractivity contribution in [2.24, 2.45) is 5.84 Å². The Hall–Kier alpha value is -0.610. The van der Waals surface area contributed by atoms with Crippen molar-refractivity contribution in [1.29, 1.82) is 0 Å². The van der Waals surface area contributed by atoms with Crippen molar-refractivity contribution in [3.8, 4) is 0 Å². The van der Waals surface area contributed by atoms with Gasteiger partial charge in [0.25, 0.3) is 0 Å². The first-order chi connectivity index (χ1) is 6.81. The van der Waals surface area contributed by atoms with Crippen molar-refractivity contribution in [3.63, 3.8) is 0 Å². The van der Waals surface area contributed by atoms with E-state index in [-0.39, 0.29) is 5.97 Å². The Labute approximate surface area is 86.2 Å². The molecule has 0 atom stereocenters. The highest BCUT2D eigenvalue weighted by atomic mass is 16.5. The first-order valence-electron chi connectivity index (χ1n) is 5.40. The second-order valence-electron chi connectivity index (χ2n) is 3.34. The van der Waals surface area contributed by atoms with Crippen LogP contribution in [-0.4, -0.2) is 19.1 Å². The Balaban J connectivity index is 3.10. The van der Waals surface area contributed by atoms with Gasteiger partial charge >= 0.3 is 5.97 Å². The molecule has 0 radical (unpaired) electrons. The van der Waals surface area contributed by atoms with E-state index in [1.54, 1.807) is 0 Å². The molecule has 0 rings (SSSR count). The molecule has 0 unspecified atom stereocenters. The molecular formula is C10H22N2O2. The van der Waals surface area contributed by atoms with Gasteiger partial charge in [-0.1, -0.05) is 32.6 Å². The molecule has 0 fully saturated rings. The van der Waals surface area contributed by atoms with Crippen molar-refractivity contribution in [1.82, 2.24) is 5.43 Å². The van der Waals surface area contributed by atoms with E-state index in [4.69, 9.17) is 10.6 Å². The molecule has 0 aliphatic carbocycles. The summed E-state index contributed by atoms with van der Waals surface area (Å²) in [4.78, 5) is 11.1. The van der Waals surface area contributed by atoms with Gasteiger partial charge in [0.05, 0.1) is 0 Å². The number of nitrogens with two attached hydrogens (primary N) is 1. The quantitative estimate of drug-likeness (QED) is 0.256. The van der Waals surface area contributed by atoms with Crippen LogP contribution in [0.4, 0.5) is 0 Å². The summed E-state index contributed by atoms with van der Waals surface area (Å²) in [6, 6.07) is 0. The van der Waals surface area contributed by atoms with Gasteiger partial charge in [-0.25, -0.2) is 0 Å². The van der Waals surface area contributed by atoms with Gasteiger partial charge in [-0.15, -0.1) is 0 Å². The Kier molecular flexibility index (Phi) is 10.0. The van der Waals surface area contributed by atoms with Crippen LogP contribution in [0.5, 0.6) is 0 Å². The first kappa shape index (κ1) is 13.4. The number of unbranched alkanes of at least 4 members (excludes halogenated alkanes) is 4. The molecule has 4 nitrogen and oxygen atoms in total. The van der Waals surface area contributed by atoms with Gasteiger partial charge in [0.1, 0.15) is 6.61 Å². The number of esters is 1. The number of carbonyl (C=O) groups is 1. The van der Waals surface area contributed by atoms with Crippen molar-refractivity contribution in [2.45, 2.75) is 45.4 Å². The SMILES string of the molecule is CCCCCCCC(=O)OCCNN. The van der Waals surface area contributed by atoms with Gasteiger partial charge in [-0.2, -0.15) is 0 Å². The predicted molar refractivity (Wildman–Crippen MR) is 56.5 cm³/mol. The van der Waals surface area contributed by atoms with Crippen molar-refractivity contribution < 1.29 is 9.53 Å². The van der Waals surface area contributed by atoms with E-state index < -0.39 is 0 Å². The Morgan fingerprint density at radius 2 is 2.00 bits per heavy atom. The number of hydrogen-bond donors (Lipinski definition) is 2. The molecule has 0 aromatic rings. The third-order valence-corrected chi connectivity index (χ3v) is 1.99. The number of carbonyl (C=O) groups excluding carboxylic acids is 1. The largest absolute Gasteiger partial charge is 0.464 e. The van der Waals surface area contributed by atoms with Crippen LogP contribution >= 0.6 is 0 Å². The van der Waals surface area contributed by atoms with Crippen LogP contribution < -0.4 is 11.3 Å². The van der Waals surface area contributed by atoms with E-state index in [9.17, 15) is 4.79 Å². The molecule has 0 amide bonds. The molecule has 0 heterocycles. The third-order valence-electron chi connectivity index (χ3n) is 1.99. The van der Waals surface area contributed by atoms with Crippen LogP contribution in [0, 0.1) is 0 Å². The zero-order valence-electron chi connectivity index (χ0n) is 9.05. The van der Waals surface area contributed by atoms with Crippen molar-refractivity contribution in [3.05, 3.63) is 0 Å². The molecular weight excluding hydrogens is 180 g/mol. The van der Waals surface area contributed by atoms with Gasteiger partial charge in [0, 0.05) is 13.0 Å². The predicted octanol–water partition coefficient (Wildman–Crippen LogP) is 1.35. The van der Waals surface area contributed by atoms with E-state index in [2.05, 4.69) is 12.3 Å². The summed E-state index contributed by atoms with van der Waals surface area (Å²) in [6.45, 7) is 3.06. The highest BCUT2D eigenvalue weighted by Crippen LogP contribution is 2.05. The summed E-state index contributed by atoms with van der Waals surface area (Å²) in [6.07, 6.45) is 6.30. The van der Waals surface area contributed by atoms with Crippen molar-refractivity contribution >= 4 is 5.97 Å². The second kappa shape index (κ2) is 10.5. The highest BCUT2D eigenvalue weighted by Gasteiger charge is 2.01. The fraction of sp³-hybridized carbons (Fsp3) is 0.900. The lowest BCUT2D eigenvalue weighted by molar-refractivity contribution is -0.143. The summed E-state index contributed by atoms with van der Waals surface area (Å²) < 4.78 is 4.91. The van der Waals surface area contributed by atoms with Gasteiger partial charge in [-0.3, -0.25) is 16.1 Å². The maximum absolute atomic E-state index is 11.1. The lowest BCUT2D eigenvalue weighted by atomic mass is 10.1. The lowest BCUT2D eigenvalue weighted by Gasteiger charge is -2.03. The summed E-state index contributed by atoms with van der Waals surface area (Å²) >= 11 is 0. The van der Waals surface area contributed by atoms with Crippen LogP contribution in [0.15, 0.2) is 0 Å². The van der Waals surface area contributed by atoms with E-state index >= 15 is 0 Å². The van der Waals surface area contributed by atoms with E-state index in [0.717, 1.165) is 12.8 Å². The van der Waals surface area contributed by atoms with Crippen molar-refractivity contribution in [2.75, 3.05) is 13.2 Å². The zero-order chi connectivity index (χ0) is 10.6. The number of hydrazine groups is 1. The Morgan fingerprint density at radius 1 is 1.29 bits per heavy atom. The fourth-order valence-electron chi connectivity index (χ4n) is 1.17. The average molecular weight is 202 g/mol. The monoisotopic (exact) mass is 202 g/mol. The second-order valence-corrected chi connectivity index (χ2v) is 3.34. The van der Waals surface area contributed by atoms with Gasteiger partial charge in [-0.05, 0) is 6.42 Å². The molecule has 0 aliphatic heterocycles. The topological polar surface area (TPSA) is 64.3 Å². The van der Waals surface area contributed by atoms with Gasteiger partial charge in [0.15, 0.2) is 0 Å². The number of nitrogens with one attached hydrogen (secondary N) is 1. The number of ether oxygens (including phenoxy) is 1. The normalized spacial score (nSPS) is 10.1. The highest BCUT2D eigenvalue weighted by molar-refractivity contribution is 5.69. The Morgan fingerprint density at radius 3 is 2.64 bits per heavy atom. The maximum atomic E-state index is 11.1. The Bertz CT molecular complexity index is 140. The maximum Gasteiger partial charge on any atom is 0.305 e. The molecule has 0 saturated carbocycles. The minimum absolute atomic E-state index is 0.114. The smallest absolute Gasteiger partial charge is 0.305 e. The average Bonchev–Trinajstić information content (AvgIpc) is 2.18. The molecule has 0 spiro atoms. The molecule has 3 N–H and O–H groups in total. The first-order valence-corrected chi connectivity index (χ1v) is 5.40. The molecule has 84 valence electrons. The van der Waals surface area contributed by atoms with Crippen LogP contribution in [0.3, 0.4) is 0 Å². The van der Waals surface area contributed by atoms with Gasteiger partial charge in [0.2, 0.25) is 0 Å². The number of hydrogen-bond acceptors (Lipinski definition) is 4. The number of rotatable bonds is 9. The molecule has 0 aliphatic rings. The minimum atomic E-state index is -0.114. The lowest BCUT2D eigenvalue weighted by Crippen LogP contribution is -2.27. The summed E-state index contributed by atoms with van der Waals surface area (Å²) in [5, 5.41) is 0. The van der Waals surface area contributed by atoms with Crippen LogP contribution in [0.1, 0.15) is 45.4 Å². The molecule has 0 bridgehead atoms. The van der Waals surface area contributed by atoms with Crippen LogP contribution in [0.2, 0.25) is 0 Å². The van der Waals surface area contributed by atoms with E-state index in [0.29, 0.717) is 19.6 Å². The molecule has 14 heavy (non-hydrogen) atoms. The zero-order valence-corrected chi connectivity index (χ0v) is 9.05. The third kappa shape index (κ3) is 9.48. The molecule has 4 heteroatoms.